The van der Waals surface area contributed by atoms with Gasteiger partial charge in [0, 0.05) is 10.6 Å². The van der Waals surface area contributed by atoms with E-state index in [1.807, 2.05) is 13.8 Å². The predicted octanol–water partition coefficient (Wildman–Crippen LogP) is 5.96. The average molecular weight is 435 g/mol. The van der Waals surface area contributed by atoms with E-state index in [0.717, 1.165) is 11.1 Å². The van der Waals surface area contributed by atoms with Crippen LogP contribution >= 0.6 is 11.6 Å². The van der Waals surface area contributed by atoms with Gasteiger partial charge in [-0.05, 0) is 85.6 Å². The summed E-state index contributed by atoms with van der Waals surface area (Å²) in [7, 11) is 1.54. The fourth-order valence-corrected chi connectivity index (χ4v) is 3.32. The van der Waals surface area contributed by atoms with Crippen molar-refractivity contribution < 1.29 is 18.7 Å². The number of carbonyl (C=O) groups is 1. The number of hydrogen-bond donors (Lipinski definition) is 0. The number of esters is 1. The summed E-state index contributed by atoms with van der Waals surface area (Å²) < 4.78 is 16.8. The van der Waals surface area contributed by atoms with Crippen molar-refractivity contribution in [3.63, 3.8) is 0 Å². The molecule has 156 valence electrons. The van der Waals surface area contributed by atoms with Gasteiger partial charge in [-0.1, -0.05) is 11.6 Å². The molecule has 0 atom stereocenters. The summed E-state index contributed by atoms with van der Waals surface area (Å²) in [4.78, 5) is 26.1. The first-order valence-electron chi connectivity index (χ1n) is 9.57. The van der Waals surface area contributed by atoms with Crippen LogP contribution in [-0.4, -0.2) is 13.1 Å². The van der Waals surface area contributed by atoms with Gasteiger partial charge in [-0.15, -0.1) is 0 Å². The SMILES string of the molecule is COc1ccc(C(=O)Oc2c(-c3ccc(Cl)cc3)oc3cc(C)c(C)cc3c2=O)cc1. The van der Waals surface area contributed by atoms with E-state index in [1.165, 1.54) is 7.11 Å². The Kier molecular flexibility index (Phi) is 5.53. The summed E-state index contributed by atoms with van der Waals surface area (Å²) in [5.74, 6) is -0.0685. The molecular formula is C25H19ClO5. The van der Waals surface area contributed by atoms with Crippen LogP contribution in [0.25, 0.3) is 22.3 Å². The minimum absolute atomic E-state index is 0.166. The van der Waals surface area contributed by atoms with Crippen LogP contribution in [0.4, 0.5) is 0 Å². The molecule has 31 heavy (non-hydrogen) atoms. The maximum absolute atomic E-state index is 13.3. The molecule has 0 aliphatic heterocycles. The van der Waals surface area contributed by atoms with E-state index in [4.69, 9.17) is 25.5 Å². The second-order valence-corrected chi connectivity index (χ2v) is 7.58. The van der Waals surface area contributed by atoms with Gasteiger partial charge in [0.15, 0.2) is 5.76 Å². The minimum Gasteiger partial charge on any atom is -0.497 e. The van der Waals surface area contributed by atoms with Gasteiger partial charge in [0.05, 0.1) is 18.1 Å². The van der Waals surface area contributed by atoms with Crippen molar-refractivity contribution in [1.29, 1.82) is 0 Å². The molecule has 1 aromatic heterocycles. The zero-order valence-electron chi connectivity index (χ0n) is 17.2. The van der Waals surface area contributed by atoms with E-state index in [2.05, 4.69) is 0 Å². The normalized spacial score (nSPS) is 10.8. The van der Waals surface area contributed by atoms with Crippen molar-refractivity contribution in [2.75, 3.05) is 7.11 Å². The monoisotopic (exact) mass is 434 g/mol. The lowest BCUT2D eigenvalue weighted by atomic mass is 10.0. The van der Waals surface area contributed by atoms with E-state index >= 15 is 0 Å². The van der Waals surface area contributed by atoms with E-state index in [9.17, 15) is 9.59 Å². The van der Waals surface area contributed by atoms with Crippen LogP contribution in [-0.2, 0) is 0 Å². The molecule has 0 unspecified atom stereocenters. The summed E-state index contributed by atoms with van der Waals surface area (Å²) >= 11 is 6.00. The first-order valence-corrected chi connectivity index (χ1v) is 9.95. The van der Waals surface area contributed by atoms with E-state index in [-0.39, 0.29) is 17.1 Å². The van der Waals surface area contributed by atoms with Crippen molar-refractivity contribution in [1.82, 2.24) is 0 Å². The van der Waals surface area contributed by atoms with E-state index in [1.54, 1.807) is 60.7 Å². The Hall–Kier alpha value is -3.57. The smallest absolute Gasteiger partial charge is 0.343 e. The molecule has 0 aliphatic carbocycles. The molecule has 0 aliphatic rings. The summed E-state index contributed by atoms with van der Waals surface area (Å²) in [6.07, 6.45) is 0. The highest BCUT2D eigenvalue weighted by Gasteiger charge is 2.22. The van der Waals surface area contributed by atoms with E-state index in [0.29, 0.717) is 27.3 Å². The van der Waals surface area contributed by atoms with Crippen LogP contribution in [0.5, 0.6) is 11.5 Å². The van der Waals surface area contributed by atoms with Crippen molar-refractivity contribution in [2.24, 2.45) is 0 Å². The molecule has 4 aromatic rings. The minimum atomic E-state index is -0.673. The molecule has 1 heterocycles. The summed E-state index contributed by atoms with van der Waals surface area (Å²) in [6, 6.07) is 16.7. The standard InChI is InChI=1S/C25H19ClO5/c1-14-12-20-21(13-15(14)2)30-23(16-4-8-18(26)9-5-16)24(22(20)27)31-25(28)17-6-10-19(29-3)11-7-17/h4-13H,1-3H3. The molecule has 0 spiro atoms. The highest BCUT2D eigenvalue weighted by atomic mass is 35.5. The Morgan fingerprint density at radius 1 is 0.935 bits per heavy atom. The van der Waals surface area contributed by atoms with Crippen LogP contribution in [0.1, 0.15) is 21.5 Å². The van der Waals surface area contributed by atoms with Gasteiger partial charge < -0.3 is 13.9 Å². The lowest BCUT2D eigenvalue weighted by Crippen LogP contribution is -2.16. The molecule has 0 bridgehead atoms. The van der Waals surface area contributed by atoms with Crippen molar-refractivity contribution in [2.45, 2.75) is 13.8 Å². The molecule has 0 amide bonds. The van der Waals surface area contributed by atoms with Crippen LogP contribution < -0.4 is 14.9 Å². The number of methoxy groups -OCH3 is 1. The molecule has 0 fully saturated rings. The van der Waals surface area contributed by atoms with Crippen molar-refractivity contribution >= 4 is 28.5 Å². The van der Waals surface area contributed by atoms with Gasteiger partial charge in [-0.2, -0.15) is 0 Å². The highest BCUT2D eigenvalue weighted by Crippen LogP contribution is 2.33. The zero-order chi connectivity index (χ0) is 22.1. The lowest BCUT2D eigenvalue weighted by molar-refractivity contribution is 0.0731. The van der Waals surface area contributed by atoms with Crippen LogP contribution in [0.15, 0.2) is 69.9 Å². The molecule has 0 saturated heterocycles. The van der Waals surface area contributed by atoms with Crippen LogP contribution in [0.2, 0.25) is 5.02 Å². The third-order valence-electron chi connectivity index (χ3n) is 5.09. The van der Waals surface area contributed by atoms with Crippen molar-refractivity contribution in [3.8, 4) is 22.8 Å². The lowest BCUT2D eigenvalue weighted by Gasteiger charge is -2.12. The largest absolute Gasteiger partial charge is 0.497 e. The maximum atomic E-state index is 13.3. The van der Waals surface area contributed by atoms with Gasteiger partial charge in [-0.25, -0.2) is 4.79 Å². The number of hydrogen-bond acceptors (Lipinski definition) is 5. The third kappa shape index (κ3) is 4.05. The highest BCUT2D eigenvalue weighted by molar-refractivity contribution is 6.30. The Labute approximate surface area is 183 Å². The number of carbonyl (C=O) groups excluding carboxylic acids is 1. The van der Waals surface area contributed by atoms with Crippen molar-refractivity contribution in [3.05, 3.63) is 92.6 Å². The zero-order valence-corrected chi connectivity index (χ0v) is 17.9. The summed E-state index contributed by atoms with van der Waals surface area (Å²) in [6.45, 7) is 3.85. The Morgan fingerprint density at radius 3 is 2.23 bits per heavy atom. The van der Waals surface area contributed by atoms with Gasteiger partial charge in [-0.3, -0.25) is 4.79 Å². The second kappa shape index (κ2) is 8.28. The quantitative estimate of drug-likeness (QED) is 0.371. The number of benzene rings is 3. The molecule has 4 rings (SSSR count). The summed E-state index contributed by atoms with van der Waals surface area (Å²) in [5.41, 5.74) is 2.77. The van der Waals surface area contributed by atoms with Crippen LogP contribution in [0.3, 0.4) is 0 Å². The first-order chi connectivity index (χ1) is 14.9. The molecule has 3 aromatic carbocycles. The van der Waals surface area contributed by atoms with E-state index < -0.39 is 11.4 Å². The molecule has 0 N–H and O–H groups in total. The number of aryl methyl sites for hydroxylation is 2. The molecule has 0 radical (unpaired) electrons. The Morgan fingerprint density at radius 2 is 1.58 bits per heavy atom. The number of fused-ring (bicyclic) bond motifs is 1. The van der Waals surface area contributed by atoms with Gasteiger partial charge in [0.2, 0.25) is 11.2 Å². The maximum Gasteiger partial charge on any atom is 0.343 e. The summed E-state index contributed by atoms with van der Waals surface area (Å²) in [5, 5.41) is 0.883. The number of ether oxygens (including phenoxy) is 2. The van der Waals surface area contributed by atoms with Gasteiger partial charge in [0.25, 0.3) is 0 Å². The fraction of sp³-hybridized carbons (Fsp3) is 0.120. The topological polar surface area (TPSA) is 65.7 Å². The second-order valence-electron chi connectivity index (χ2n) is 7.15. The molecule has 5 nitrogen and oxygen atoms in total. The third-order valence-corrected chi connectivity index (χ3v) is 5.34. The molecule has 6 heteroatoms. The van der Waals surface area contributed by atoms with Gasteiger partial charge >= 0.3 is 5.97 Å². The fourth-order valence-electron chi connectivity index (χ4n) is 3.20. The Balaban J connectivity index is 1.88. The Bertz CT molecular complexity index is 1340. The predicted molar refractivity (Wildman–Crippen MR) is 120 cm³/mol. The molecular weight excluding hydrogens is 416 g/mol. The number of halogens is 1. The van der Waals surface area contributed by atoms with Crippen LogP contribution in [0, 0.1) is 13.8 Å². The first kappa shape index (κ1) is 20.7. The van der Waals surface area contributed by atoms with Gasteiger partial charge in [0.1, 0.15) is 11.3 Å². The number of rotatable bonds is 4. The average Bonchev–Trinajstić information content (AvgIpc) is 2.77. The molecule has 0 saturated carbocycles.